The fraction of sp³-hybridized carbons (Fsp3) is 0.263. The van der Waals surface area contributed by atoms with Gasteiger partial charge < -0.3 is 10.6 Å². The first-order valence-electron chi connectivity index (χ1n) is 8.05. The largest absolute Gasteiger partial charge is 0.355 e. The van der Waals surface area contributed by atoms with E-state index in [2.05, 4.69) is 10.6 Å². The Balaban J connectivity index is 1.60. The molecule has 2 rings (SSSR count). The predicted molar refractivity (Wildman–Crippen MR) is 90.8 cm³/mol. The van der Waals surface area contributed by atoms with Gasteiger partial charge in [-0.05, 0) is 48.2 Å². The van der Waals surface area contributed by atoms with Gasteiger partial charge in [0.15, 0.2) is 0 Å². The van der Waals surface area contributed by atoms with E-state index in [0.29, 0.717) is 25.9 Å². The highest BCUT2D eigenvalue weighted by Gasteiger charge is 2.08. The minimum absolute atomic E-state index is 0.243. The minimum atomic E-state index is -0.360. The minimum Gasteiger partial charge on any atom is -0.355 e. The molecule has 0 atom stereocenters. The van der Waals surface area contributed by atoms with Crippen LogP contribution < -0.4 is 10.6 Å². The number of halogens is 2. The second-order valence-electron chi connectivity index (χ2n) is 5.63. The van der Waals surface area contributed by atoms with E-state index in [0.717, 1.165) is 11.1 Å². The molecule has 2 N–H and O–H groups in total. The van der Waals surface area contributed by atoms with Crippen molar-refractivity contribution in [3.05, 3.63) is 71.3 Å². The van der Waals surface area contributed by atoms with Crippen LogP contribution in [0.2, 0.25) is 0 Å². The van der Waals surface area contributed by atoms with Crippen molar-refractivity contribution >= 4 is 11.8 Å². The first kappa shape index (κ1) is 18.6. The summed E-state index contributed by atoms with van der Waals surface area (Å²) in [4.78, 5) is 23.4. The Morgan fingerprint density at radius 3 is 1.40 bits per heavy atom. The Hall–Kier alpha value is -2.76. The first-order valence-corrected chi connectivity index (χ1v) is 8.05. The molecule has 2 aromatic rings. The summed E-state index contributed by atoms with van der Waals surface area (Å²) in [7, 11) is 0. The molecule has 0 saturated heterocycles. The van der Waals surface area contributed by atoms with Crippen LogP contribution in [0, 0.1) is 11.6 Å². The summed E-state index contributed by atoms with van der Waals surface area (Å²) in [6.07, 6.45) is 0.892. The van der Waals surface area contributed by atoms with Crippen LogP contribution in [0.4, 0.5) is 8.78 Å². The predicted octanol–water partition coefficient (Wildman–Crippen LogP) is 2.37. The average molecular weight is 346 g/mol. The monoisotopic (exact) mass is 346 g/mol. The van der Waals surface area contributed by atoms with Crippen molar-refractivity contribution in [2.75, 3.05) is 13.1 Å². The number of carbonyl (C=O) groups is 2. The van der Waals surface area contributed by atoms with Gasteiger partial charge in [-0.1, -0.05) is 24.3 Å². The molecule has 0 aliphatic heterocycles. The Morgan fingerprint density at radius 1 is 0.680 bits per heavy atom. The summed E-state index contributed by atoms with van der Waals surface area (Å²) >= 11 is 0. The molecule has 132 valence electrons. The number of hydrogen-bond donors (Lipinski definition) is 2. The molecule has 0 aromatic heterocycles. The van der Waals surface area contributed by atoms with Crippen LogP contribution in [0.25, 0.3) is 0 Å². The van der Waals surface area contributed by atoms with Gasteiger partial charge in [-0.2, -0.15) is 0 Å². The highest BCUT2D eigenvalue weighted by molar-refractivity contribution is 5.96. The molecule has 0 heterocycles. The third kappa shape index (κ3) is 7.12. The number of nitrogens with one attached hydrogen (secondary N) is 2. The lowest BCUT2D eigenvalue weighted by Crippen LogP contribution is -2.33. The molecular weight excluding hydrogens is 326 g/mol. The second kappa shape index (κ2) is 9.52. The van der Waals surface area contributed by atoms with Gasteiger partial charge in [0, 0.05) is 13.1 Å². The standard InChI is InChI=1S/C19H20F2N2O2/c20-16-5-1-14(2-6-16)9-11-22-18(24)13-19(25)23-12-10-15-3-7-17(21)8-4-15/h1-8H,9-13H2,(H,22,24)(H,23,25). The molecule has 0 bridgehead atoms. The number of benzene rings is 2. The van der Waals surface area contributed by atoms with E-state index in [1.165, 1.54) is 24.3 Å². The zero-order valence-electron chi connectivity index (χ0n) is 13.7. The maximum absolute atomic E-state index is 12.8. The van der Waals surface area contributed by atoms with Crippen molar-refractivity contribution in [1.29, 1.82) is 0 Å². The van der Waals surface area contributed by atoms with Crippen molar-refractivity contribution in [3.8, 4) is 0 Å². The lowest BCUT2D eigenvalue weighted by molar-refractivity contribution is -0.129. The van der Waals surface area contributed by atoms with Crippen molar-refractivity contribution < 1.29 is 18.4 Å². The fourth-order valence-electron chi connectivity index (χ4n) is 2.27. The van der Waals surface area contributed by atoms with E-state index in [4.69, 9.17) is 0 Å². The summed E-state index contributed by atoms with van der Waals surface area (Å²) < 4.78 is 25.6. The summed E-state index contributed by atoms with van der Waals surface area (Å²) in [6, 6.07) is 12.1. The molecule has 2 amide bonds. The van der Waals surface area contributed by atoms with E-state index < -0.39 is 0 Å². The number of amides is 2. The van der Waals surface area contributed by atoms with Gasteiger partial charge in [-0.3, -0.25) is 9.59 Å². The maximum atomic E-state index is 12.8. The van der Waals surface area contributed by atoms with Crippen molar-refractivity contribution in [2.45, 2.75) is 19.3 Å². The van der Waals surface area contributed by atoms with Crippen LogP contribution in [-0.4, -0.2) is 24.9 Å². The normalized spacial score (nSPS) is 10.3. The zero-order chi connectivity index (χ0) is 18.1. The summed E-state index contributed by atoms with van der Waals surface area (Å²) in [5, 5.41) is 5.31. The molecule has 25 heavy (non-hydrogen) atoms. The SMILES string of the molecule is O=C(CC(=O)NCCc1ccc(F)cc1)NCCc1ccc(F)cc1. The van der Waals surface area contributed by atoms with Gasteiger partial charge in [0.25, 0.3) is 0 Å². The van der Waals surface area contributed by atoms with Crippen LogP contribution in [0.3, 0.4) is 0 Å². The van der Waals surface area contributed by atoms with Crippen LogP contribution in [0.5, 0.6) is 0 Å². The Kier molecular flexibility index (Phi) is 7.07. The van der Waals surface area contributed by atoms with E-state index in [9.17, 15) is 18.4 Å². The molecular formula is C19H20F2N2O2. The molecule has 6 heteroatoms. The maximum Gasteiger partial charge on any atom is 0.229 e. The number of hydrogen-bond acceptors (Lipinski definition) is 2. The van der Waals surface area contributed by atoms with Gasteiger partial charge in [0.1, 0.15) is 18.1 Å². The molecule has 0 unspecified atom stereocenters. The quantitative estimate of drug-likeness (QED) is 0.721. The molecule has 0 saturated carbocycles. The summed E-state index contributed by atoms with van der Waals surface area (Å²) in [6.45, 7) is 0.765. The molecule has 0 radical (unpaired) electrons. The van der Waals surface area contributed by atoms with Crippen molar-refractivity contribution in [1.82, 2.24) is 10.6 Å². The molecule has 2 aromatic carbocycles. The summed E-state index contributed by atoms with van der Waals surface area (Å²) in [5.41, 5.74) is 1.82. The second-order valence-corrected chi connectivity index (χ2v) is 5.63. The lowest BCUT2D eigenvalue weighted by Gasteiger charge is -2.07. The van der Waals surface area contributed by atoms with Crippen molar-refractivity contribution in [2.24, 2.45) is 0 Å². The topological polar surface area (TPSA) is 58.2 Å². The Morgan fingerprint density at radius 2 is 1.04 bits per heavy atom. The highest BCUT2D eigenvalue weighted by Crippen LogP contribution is 2.03. The fourth-order valence-corrected chi connectivity index (χ4v) is 2.27. The highest BCUT2D eigenvalue weighted by atomic mass is 19.1. The smallest absolute Gasteiger partial charge is 0.229 e. The van der Waals surface area contributed by atoms with Crippen LogP contribution >= 0.6 is 0 Å². The van der Waals surface area contributed by atoms with Crippen LogP contribution in [0.1, 0.15) is 17.5 Å². The molecule has 0 spiro atoms. The number of carbonyl (C=O) groups excluding carboxylic acids is 2. The number of rotatable bonds is 8. The van der Waals surface area contributed by atoms with E-state index in [-0.39, 0.29) is 29.9 Å². The first-order chi connectivity index (χ1) is 12.0. The van der Waals surface area contributed by atoms with Gasteiger partial charge in [0.2, 0.25) is 11.8 Å². The molecule has 4 nitrogen and oxygen atoms in total. The molecule has 0 fully saturated rings. The third-order valence-corrected chi connectivity index (χ3v) is 3.62. The Labute approximate surface area is 145 Å². The summed E-state index contributed by atoms with van der Waals surface area (Å²) in [5.74, 6) is -1.32. The van der Waals surface area contributed by atoms with Gasteiger partial charge in [0.05, 0.1) is 0 Å². The average Bonchev–Trinajstić information content (AvgIpc) is 2.58. The van der Waals surface area contributed by atoms with Gasteiger partial charge in [-0.25, -0.2) is 8.78 Å². The molecule has 0 aliphatic rings. The Bertz CT molecular complexity index is 639. The van der Waals surface area contributed by atoms with Crippen LogP contribution in [-0.2, 0) is 22.4 Å². The van der Waals surface area contributed by atoms with E-state index >= 15 is 0 Å². The van der Waals surface area contributed by atoms with Gasteiger partial charge >= 0.3 is 0 Å². The third-order valence-electron chi connectivity index (χ3n) is 3.62. The van der Waals surface area contributed by atoms with Crippen LogP contribution in [0.15, 0.2) is 48.5 Å². The van der Waals surface area contributed by atoms with Crippen molar-refractivity contribution in [3.63, 3.8) is 0 Å². The van der Waals surface area contributed by atoms with E-state index in [1.807, 2.05) is 0 Å². The zero-order valence-corrected chi connectivity index (χ0v) is 13.7. The lowest BCUT2D eigenvalue weighted by atomic mass is 10.1. The van der Waals surface area contributed by atoms with Gasteiger partial charge in [-0.15, -0.1) is 0 Å². The van der Waals surface area contributed by atoms with E-state index in [1.54, 1.807) is 24.3 Å². The molecule has 0 aliphatic carbocycles.